The first-order valence-corrected chi connectivity index (χ1v) is 10.8. The summed E-state index contributed by atoms with van der Waals surface area (Å²) in [6.45, 7) is 1.51. The van der Waals surface area contributed by atoms with Gasteiger partial charge in [-0.2, -0.15) is 13.2 Å². The van der Waals surface area contributed by atoms with Gasteiger partial charge < -0.3 is 14.6 Å². The maximum Gasteiger partial charge on any atom is 0.416 e. The Bertz CT molecular complexity index is 1090. The summed E-state index contributed by atoms with van der Waals surface area (Å²) >= 11 is 0. The third-order valence-corrected chi connectivity index (χ3v) is 6.25. The molecule has 0 atom stereocenters. The minimum Gasteiger partial charge on any atom is -0.489 e. The number of ether oxygens (including phenoxy) is 2. The quantitative estimate of drug-likeness (QED) is 0.424. The Morgan fingerprint density at radius 2 is 1.94 bits per heavy atom. The molecular formula is C25H25ClF4O4. The monoisotopic (exact) mass is 500 g/mol. The number of hydrogen-bond acceptors (Lipinski definition) is 3. The van der Waals surface area contributed by atoms with Crippen molar-refractivity contribution in [3.63, 3.8) is 0 Å². The van der Waals surface area contributed by atoms with Gasteiger partial charge in [-0.15, -0.1) is 12.4 Å². The number of rotatable bonds is 7. The van der Waals surface area contributed by atoms with E-state index in [9.17, 15) is 22.4 Å². The van der Waals surface area contributed by atoms with E-state index in [-0.39, 0.29) is 54.2 Å². The fourth-order valence-corrected chi connectivity index (χ4v) is 4.28. The molecule has 1 heterocycles. The van der Waals surface area contributed by atoms with Crippen molar-refractivity contribution in [1.29, 1.82) is 0 Å². The Hall–Kier alpha value is -2.74. The molecule has 9 heteroatoms. The van der Waals surface area contributed by atoms with Gasteiger partial charge >= 0.3 is 12.1 Å². The van der Waals surface area contributed by atoms with Crippen molar-refractivity contribution >= 4 is 24.5 Å². The van der Waals surface area contributed by atoms with Crippen molar-refractivity contribution in [2.75, 3.05) is 6.61 Å². The van der Waals surface area contributed by atoms with Crippen LogP contribution in [-0.4, -0.2) is 17.7 Å². The number of carbonyl (C=O) groups is 1. The summed E-state index contributed by atoms with van der Waals surface area (Å²) in [7, 11) is 0. The fraction of sp³-hybridized carbons (Fsp3) is 0.400. The first-order chi connectivity index (χ1) is 15.6. The van der Waals surface area contributed by atoms with E-state index in [1.165, 1.54) is 12.1 Å². The number of hydrogen-bond donors (Lipinski definition) is 1. The van der Waals surface area contributed by atoms with Gasteiger partial charge in [0.1, 0.15) is 30.5 Å². The van der Waals surface area contributed by atoms with Crippen LogP contribution in [-0.2, 0) is 17.6 Å². The molecule has 1 saturated carbocycles. The second-order valence-electron chi connectivity index (χ2n) is 8.77. The zero-order valence-corrected chi connectivity index (χ0v) is 19.3. The molecule has 4 nitrogen and oxygen atoms in total. The van der Waals surface area contributed by atoms with Crippen LogP contribution in [0.1, 0.15) is 47.9 Å². The number of carboxylic acid groups (broad SMARTS) is 1. The molecule has 0 unspecified atom stereocenters. The van der Waals surface area contributed by atoms with Gasteiger partial charge in [-0.25, -0.2) is 4.39 Å². The summed E-state index contributed by atoms with van der Waals surface area (Å²) in [6.07, 6.45) is 0.0897. The summed E-state index contributed by atoms with van der Waals surface area (Å²) in [6, 6.07) is 6.62. The van der Waals surface area contributed by atoms with Crippen LogP contribution in [0.25, 0.3) is 6.08 Å². The third-order valence-electron chi connectivity index (χ3n) is 6.25. The van der Waals surface area contributed by atoms with Crippen LogP contribution >= 0.6 is 12.4 Å². The minimum absolute atomic E-state index is 0. The number of aryl methyl sites for hydroxylation is 1. The molecule has 1 aliphatic heterocycles. The van der Waals surface area contributed by atoms with Gasteiger partial charge in [0.25, 0.3) is 0 Å². The van der Waals surface area contributed by atoms with Gasteiger partial charge in [0.2, 0.25) is 0 Å². The van der Waals surface area contributed by atoms with Gasteiger partial charge in [-0.1, -0.05) is 17.7 Å². The summed E-state index contributed by atoms with van der Waals surface area (Å²) in [5.41, 5.74) is 0.887. The lowest BCUT2D eigenvalue weighted by Crippen LogP contribution is -2.30. The summed E-state index contributed by atoms with van der Waals surface area (Å²) in [5.74, 6) is -0.853. The van der Waals surface area contributed by atoms with Crippen LogP contribution < -0.4 is 9.47 Å². The van der Waals surface area contributed by atoms with E-state index in [0.29, 0.717) is 30.7 Å². The molecule has 2 aromatic carbocycles. The average Bonchev–Trinajstić information content (AvgIpc) is 2.71. The molecule has 0 amide bonds. The van der Waals surface area contributed by atoms with Gasteiger partial charge in [-0.05, 0) is 56.2 Å². The van der Waals surface area contributed by atoms with Gasteiger partial charge in [0.05, 0.1) is 17.0 Å². The third kappa shape index (κ3) is 5.84. The Morgan fingerprint density at radius 1 is 1.21 bits per heavy atom. The van der Waals surface area contributed by atoms with E-state index in [1.54, 1.807) is 19.1 Å². The van der Waals surface area contributed by atoms with E-state index in [4.69, 9.17) is 14.6 Å². The summed E-state index contributed by atoms with van der Waals surface area (Å²) in [5, 5.41) is 8.96. The smallest absolute Gasteiger partial charge is 0.416 e. The van der Waals surface area contributed by atoms with E-state index in [2.05, 4.69) is 0 Å². The first kappa shape index (κ1) is 25.9. The number of fused-ring (bicyclic) bond motifs is 1. The number of carboxylic acids is 1. The lowest BCUT2D eigenvalue weighted by atomic mass is 9.72. The average molecular weight is 501 g/mol. The normalized spacial score (nSPS) is 19.1. The molecule has 0 bridgehead atoms. The van der Waals surface area contributed by atoms with Crippen LogP contribution in [0.15, 0.2) is 35.9 Å². The van der Waals surface area contributed by atoms with Crippen LogP contribution in [0.4, 0.5) is 17.6 Å². The topological polar surface area (TPSA) is 55.8 Å². The number of alkyl halides is 3. The van der Waals surface area contributed by atoms with Gasteiger partial charge in [-0.3, -0.25) is 4.79 Å². The van der Waals surface area contributed by atoms with E-state index in [0.717, 1.165) is 24.1 Å². The van der Waals surface area contributed by atoms with Gasteiger partial charge in [0.15, 0.2) is 0 Å². The van der Waals surface area contributed by atoms with Crippen molar-refractivity contribution in [2.45, 2.75) is 45.4 Å². The zero-order valence-electron chi connectivity index (χ0n) is 18.5. The minimum atomic E-state index is -4.51. The van der Waals surface area contributed by atoms with Gasteiger partial charge in [0, 0.05) is 17.7 Å². The highest BCUT2D eigenvalue weighted by atomic mass is 35.5. The fourth-order valence-electron chi connectivity index (χ4n) is 4.28. The first-order valence-electron chi connectivity index (χ1n) is 10.8. The van der Waals surface area contributed by atoms with Crippen molar-refractivity contribution in [2.24, 2.45) is 11.8 Å². The predicted octanol–water partition coefficient (Wildman–Crippen LogP) is 6.82. The van der Waals surface area contributed by atoms with Crippen LogP contribution in [0.3, 0.4) is 0 Å². The Morgan fingerprint density at radius 3 is 2.62 bits per heavy atom. The Labute approximate surface area is 201 Å². The lowest BCUT2D eigenvalue weighted by Gasteiger charge is -2.32. The maximum absolute atomic E-state index is 14.7. The van der Waals surface area contributed by atoms with Crippen LogP contribution in [0.5, 0.6) is 11.5 Å². The van der Waals surface area contributed by atoms with E-state index < -0.39 is 23.5 Å². The maximum atomic E-state index is 14.7. The van der Waals surface area contributed by atoms with Crippen molar-refractivity contribution in [3.8, 4) is 11.5 Å². The summed E-state index contributed by atoms with van der Waals surface area (Å²) in [4.78, 5) is 10.9. The molecule has 0 spiro atoms. The zero-order chi connectivity index (χ0) is 23.8. The van der Waals surface area contributed by atoms with Crippen LogP contribution in [0.2, 0.25) is 0 Å². The summed E-state index contributed by atoms with van der Waals surface area (Å²) < 4.78 is 65.8. The molecule has 184 valence electrons. The van der Waals surface area contributed by atoms with E-state index in [1.807, 2.05) is 0 Å². The molecule has 1 fully saturated rings. The number of halogens is 5. The highest BCUT2D eigenvalue weighted by Crippen LogP contribution is 2.40. The molecule has 1 N–H and O–H groups in total. The number of aliphatic carboxylic acids is 1. The number of benzene rings is 2. The van der Waals surface area contributed by atoms with Crippen LogP contribution in [0, 0.1) is 24.6 Å². The second-order valence-corrected chi connectivity index (χ2v) is 8.77. The SMILES string of the molecule is Cc1ccc(COc2cc(F)c3c(c2)OCC(CCC2CC(C(=O)O)C2)=C3)c(C(F)(F)F)c1.Cl. The standard InChI is InChI=1S/C25H24F4O4.ClH/c1-14-2-5-17(21(6-14)25(27,28)29)13-32-19-10-22(26)20-9-16(12-33-23(20)11-19)4-3-15-7-18(8-15)24(30)31;/h2,5-6,9-11,15,18H,3-4,7-8,12-13H2,1H3,(H,30,31);1H. The predicted molar refractivity (Wildman–Crippen MR) is 121 cm³/mol. The van der Waals surface area contributed by atoms with Crippen molar-refractivity contribution in [3.05, 3.63) is 64.0 Å². The van der Waals surface area contributed by atoms with Crippen molar-refractivity contribution in [1.82, 2.24) is 0 Å². The lowest BCUT2D eigenvalue weighted by molar-refractivity contribution is -0.146. The molecule has 1 aliphatic carbocycles. The largest absolute Gasteiger partial charge is 0.489 e. The highest BCUT2D eigenvalue weighted by molar-refractivity contribution is 5.85. The molecule has 4 rings (SSSR count). The van der Waals surface area contributed by atoms with Crippen molar-refractivity contribution < 1.29 is 36.9 Å². The molecule has 0 saturated heterocycles. The Kier molecular flexibility index (Phi) is 7.81. The molecule has 34 heavy (non-hydrogen) atoms. The molecule has 0 radical (unpaired) electrons. The molecule has 0 aromatic heterocycles. The highest BCUT2D eigenvalue weighted by Gasteiger charge is 2.34. The Balaban J connectivity index is 0.00000324. The molecule has 2 aromatic rings. The molecular weight excluding hydrogens is 476 g/mol. The second kappa shape index (κ2) is 10.3. The molecule has 2 aliphatic rings. The van der Waals surface area contributed by atoms with E-state index >= 15 is 0 Å².